The standard InChI is InChI=1S/C16H23N3O3/c20-16(21)12-19-9-10-22-15-2-1-13(11-14(15)19)3-6-18-7-4-17-5-8-18/h1-2,11,17H,3-10,12H2,(H,20,21). The van der Waals surface area contributed by atoms with Crippen LogP contribution in [0.1, 0.15) is 5.56 Å². The third-order valence-electron chi connectivity index (χ3n) is 4.24. The minimum atomic E-state index is -0.806. The van der Waals surface area contributed by atoms with Crippen LogP contribution in [0.25, 0.3) is 0 Å². The molecule has 6 nitrogen and oxygen atoms in total. The Hall–Kier alpha value is -1.79. The lowest BCUT2D eigenvalue weighted by Crippen LogP contribution is -2.44. The van der Waals surface area contributed by atoms with Gasteiger partial charge in [0.25, 0.3) is 0 Å². The van der Waals surface area contributed by atoms with Gasteiger partial charge in [0.1, 0.15) is 18.9 Å². The van der Waals surface area contributed by atoms with Crippen LogP contribution in [0.5, 0.6) is 5.75 Å². The van der Waals surface area contributed by atoms with Crippen LogP contribution < -0.4 is 15.0 Å². The van der Waals surface area contributed by atoms with Crippen LogP contribution in [0.4, 0.5) is 5.69 Å². The molecule has 0 amide bonds. The number of carboxylic acids is 1. The van der Waals surface area contributed by atoms with E-state index < -0.39 is 5.97 Å². The Morgan fingerprint density at radius 1 is 1.27 bits per heavy atom. The molecule has 22 heavy (non-hydrogen) atoms. The van der Waals surface area contributed by atoms with Crippen molar-refractivity contribution in [1.82, 2.24) is 10.2 Å². The smallest absolute Gasteiger partial charge is 0.323 e. The number of aliphatic carboxylic acids is 1. The van der Waals surface area contributed by atoms with E-state index in [1.165, 1.54) is 5.56 Å². The Labute approximate surface area is 130 Å². The lowest BCUT2D eigenvalue weighted by molar-refractivity contribution is -0.135. The number of ether oxygens (including phenoxy) is 1. The molecule has 0 saturated carbocycles. The van der Waals surface area contributed by atoms with Gasteiger partial charge in [0.15, 0.2) is 0 Å². The molecule has 1 aromatic carbocycles. The zero-order valence-electron chi connectivity index (χ0n) is 12.8. The van der Waals surface area contributed by atoms with Gasteiger partial charge in [0.2, 0.25) is 0 Å². The normalized spacial score (nSPS) is 18.6. The number of rotatable bonds is 5. The second kappa shape index (κ2) is 6.98. The third-order valence-corrected chi connectivity index (χ3v) is 4.24. The van der Waals surface area contributed by atoms with Crippen molar-refractivity contribution in [2.75, 3.05) is 57.3 Å². The molecule has 2 aliphatic rings. The van der Waals surface area contributed by atoms with Crippen LogP contribution in [0.3, 0.4) is 0 Å². The molecule has 0 spiro atoms. The molecule has 1 saturated heterocycles. The predicted molar refractivity (Wildman–Crippen MR) is 84.8 cm³/mol. The molecule has 1 aromatic rings. The number of carboxylic acid groups (broad SMARTS) is 1. The van der Waals surface area contributed by atoms with Gasteiger partial charge in [0, 0.05) is 32.7 Å². The number of carbonyl (C=O) groups is 1. The highest BCUT2D eigenvalue weighted by Gasteiger charge is 2.20. The number of benzene rings is 1. The van der Waals surface area contributed by atoms with Crippen molar-refractivity contribution in [2.45, 2.75) is 6.42 Å². The monoisotopic (exact) mass is 305 g/mol. The minimum Gasteiger partial charge on any atom is -0.490 e. The van der Waals surface area contributed by atoms with E-state index in [-0.39, 0.29) is 6.54 Å². The van der Waals surface area contributed by atoms with Crippen LogP contribution in [-0.2, 0) is 11.2 Å². The van der Waals surface area contributed by atoms with E-state index in [1.54, 1.807) is 0 Å². The van der Waals surface area contributed by atoms with E-state index in [0.29, 0.717) is 13.2 Å². The van der Waals surface area contributed by atoms with Crippen molar-refractivity contribution in [3.8, 4) is 5.75 Å². The van der Waals surface area contributed by atoms with Crippen molar-refractivity contribution in [3.63, 3.8) is 0 Å². The van der Waals surface area contributed by atoms with Crippen molar-refractivity contribution in [1.29, 1.82) is 0 Å². The molecule has 0 aliphatic carbocycles. The average Bonchev–Trinajstić information content (AvgIpc) is 2.54. The Kier molecular flexibility index (Phi) is 4.80. The van der Waals surface area contributed by atoms with E-state index in [2.05, 4.69) is 22.3 Å². The molecule has 2 aliphatic heterocycles. The van der Waals surface area contributed by atoms with Gasteiger partial charge < -0.3 is 25.0 Å². The maximum Gasteiger partial charge on any atom is 0.323 e. The molecule has 0 unspecified atom stereocenters. The Balaban J connectivity index is 1.67. The van der Waals surface area contributed by atoms with E-state index in [1.807, 2.05) is 11.0 Å². The largest absolute Gasteiger partial charge is 0.490 e. The van der Waals surface area contributed by atoms with Gasteiger partial charge >= 0.3 is 5.97 Å². The van der Waals surface area contributed by atoms with Crippen LogP contribution in [0, 0.1) is 0 Å². The molecule has 6 heteroatoms. The molecular weight excluding hydrogens is 282 g/mol. The predicted octanol–water partition coefficient (Wildman–Crippen LogP) is 0.418. The summed E-state index contributed by atoms with van der Waals surface area (Å²) in [6, 6.07) is 6.14. The molecule has 2 heterocycles. The number of fused-ring (bicyclic) bond motifs is 1. The first kappa shape index (κ1) is 15.1. The maximum absolute atomic E-state index is 11.0. The van der Waals surface area contributed by atoms with Crippen molar-refractivity contribution in [2.24, 2.45) is 0 Å². The summed E-state index contributed by atoms with van der Waals surface area (Å²) in [5, 5.41) is 12.4. The second-order valence-corrected chi connectivity index (χ2v) is 5.81. The lowest BCUT2D eigenvalue weighted by Gasteiger charge is -2.31. The van der Waals surface area contributed by atoms with Crippen molar-refractivity contribution in [3.05, 3.63) is 23.8 Å². The molecule has 0 radical (unpaired) electrons. The van der Waals surface area contributed by atoms with Gasteiger partial charge in [-0.3, -0.25) is 4.79 Å². The van der Waals surface area contributed by atoms with E-state index >= 15 is 0 Å². The number of piperazine rings is 1. The van der Waals surface area contributed by atoms with Crippen molar-refractivity contribution < 1.29 is 14.6 Å². The summed E-state index contributed by atoms with van der Waals surface area (Å²) in [5.41, 5.74) is 2.14. The summed E-state index contributed by atoms with van der Waals surface area (Å²) in [6.45, 7) is 6.55. The Morgan fingerprint density at radius 3 is 2.86 bits per heavy atom. The topological polar surface area (TPSA) is 65.0 Å². The summed E-state index contributed by atoms with van der Waals surface area (Å²) in [5.74, 6) is -0.0162. The number of anilines is 1. The number of hydrogen-bond donors (Lipinski definition) is 2. The number of nitrogens with zero attached hydrogens (tertiary/aromatic N) is 2. The van der Waals surface area contributed by atoms with E-state index in [0.717, 1.165) is 50.6 Å². The van der Waals surface area contributed by atoms with E-state index in [9.17, 15) is 4.79 Å². The van der Waals surface area contributed by atoms with Crippen molar-refractivity contribution >= 4 is 11.7 Å². The molecule has 120 valence electrons. The first-order chi connectivity index (χ1) is 10.7. The molecule has 2 N–H and O–H groups in total. The molecule has 3 rings (SSSR count). The van der Waals surface area contributed by atoms with Gasteiger partial charge in [-0.15, -0.1) is 0 Å². The van der Waals surface area contributed by atoms with Crippen LogP contribution >= 0.6 is 0 Å². The second-order valence-electron chi connectivity index (χ2n) is 5.81. The summed E-state index contributed by atoms with van der Waals surface area (Å²) >= 11 is 0. The maximum atomic E-state index is 11.0. The SMILES string of the molecule is O=C(O)CN1CCOc2ccc(CCN3CCNCC3)cc21. The van der Waals surface area contributed by atoms with Gasteiger partial charge in [0.05, 0.1) is 12.2 Å². The summed E-state index contributed by atoms with van der Waals surface area (Å²) in [7, 11) is 0. The molecule has 0 bridgehead atoms. The van der Waals surface area contributed by atoms with Gasteiger partial charge in [-0.25, -0.2) is 0 Å². The zero-order valence-corrected chi connectivity index (χ0v) is 12.8. The zero-order chi connectivity index (χ0) is 15.4. The average molecular weight is 305 g/mol. The van der Waals surface area contributed by atoms with Crippen LogP contribution in [-0.4, -0.2) is 68.4 Å². The van der Waals surface area contributed by atoms with Crippen LogP contribution in [0.2, 0.25) is 0 Å². The summed E-state index contributed by atoms with van der Waals surface area (Å²) in [4.78, 5) is 15.3. The highest BCUT2D eigenvalue weighted by molar-refractivity contribution is 5.75. The number of hydrogen-bond acceptors (Lipinski definition) is 5. The minimum absolute atomic E-state index is 0.0254. The molecule has 0 atom stereocenters. The quantitative estimate of drug-likeness (QED) is 0.822. The Morgan fingerprint density at radius 2 is 2.09 bits per heavy atom. The molecule has 0 aromatic heterocycles. The first-order valence-corrected chi connectivity index (χ1v) is 7.88. The fraction of sp³-hybridized carbons (Fsp3) is 0.562. The summed E-state index contributed by atoms with van der Waals surface area (Å²) in [6.07, 6.45) is 0.980. The highest BCUT2D eigenvalue weighted by Crippen LogP contribution is 2.32. The number of nitrogens with one attached hydrogen (secondary N) is 1. The first-order valence-electron chi connectivity index (χ1n) is 7.88. The summed E-state index contributed by atoms with van der Waals surface area (Å²) < 4.78 is 5.63. The van der Waals surface area contributed by atoms with Gasteiger partial charge in [-0.2, -0.15) is 0 Å². The highest BCUT2D eigenvalue weighted by atomic mass is 16.5. The molecule has 1 fully saturated rings. The molecular formula is C16H23N3O3. The van der Waals surface area contributed by atoms with Gasteiger partial charge in [-0.1, -0.05) is 6.07 Å². The lowest BCUT2D eigenvalue weighted by atomic mass is 10.1. The Bertz CT molecular complexity index is 529. The van der Waals surface area contributed by atoms with Crippen LogP contribution in [0.15, 0.2) is 18.2 Å². The van der Waals surface area contributed by atoms with Gasteiger partial charge in [-0.05, 0) is 24.1 Å². The fourth-order valence-corrected chi connectivity index (χ4v) is 3.02. The fourth-order valence-electron chi connectivity index (χ4n) is 3.02. The third kappa shape index (κ3) is 3.69. The van der Waals surface area contributed by atoms with E-state index in [4.69, 9.17) is 9.84 Å².